The van der Waals surface area contributed by atoms with Crippen LogP contribution in [0.4, 0.5) is 4.79 Å². The lowest BCUT2D eigenvalue weighted by Gasteiger charge is -2.34. The molecule has 0 saturated carbocycles. The highest BCUT2D eigenvalue weighted by atomic mass is 16.5. The lowest BCUT2D eigenvalue weighted by atomic mass is 10.0. The molecule has 2 aliphatic heterocycles. The highest BCUT2D eigenvalue weighted by Crippen LogP contribution is 2.25. The number of urea groups is 1. The number of hydrogen-bond donors (Lipinski definition) is 1. The minimum atomic E-state index is -0.158. The molecule has 142 valence electrons. The predicted molar refractivity (Wildman–Crippen MR) is 97.8 cm³/mol. The van der Waals surface area contributed by atoms with Crippen molar-refractivity contribution in [2.75, 3.05) is 40.4 Å². The number of rotatable bonds is 4. The quantitative estimate of drug-likeness (QED) is 0.892. The number of piperidine rings is 1. The zero-order valence-electron chi connectivity index (χ0n) is 15.5. The van der Waals surface area contributed by atoms with Gasteiger partial charge in [0, 0.05) is 38.3 Å². The Hall–Kier alpha value is -2.44. The lowest BCUT2D eigenvalue weighted by Crippen LogP contribution is -2.50. The molecule has 1 aromatic carbocycles. The Morgan fingerprint density at radius 1 is 1.00 bits per heavy atom. The molecule has 0 unspecified atom stereocenters. The van der Waals surface area contributed by atoms with Crippen molar-refractivity contribution in [3.8, 4) is 11.5 Å². The van der Waals surface area contributed by atoms with E-state index in [1.54, 1.807) is 25.3 Å². The average molecular weight is 361 g/mol. The van der Waals surface area contributed by atoms with Crippen LogP contribution in [0.2, 0.25) is 0 Å². The van der Waals surface area contributed by atoms with E-state index in [4.69, 9.17) is 9.47 Å². The van der Waals surface area contributed by atoms with Gasteiger partial charge in [-0.1, -0.05) is 0 Å². The van der Waals surface area contributed by atoms with E-state index < -0.39 is 0 Å². The molecule has 1 N–H and O–H groups in total. The summed E-state index contributed by atoms with van der Waals surface area (Å²) in [6.45, 7) is 3.10. The van der Waals surface area contributed by atoms with Gasteiger partial charge in [-0.05, 0) is 37.8 Å². The molecule has 2 fully saturated rings. The van der Waals surface area contributed by atoms with Gasteiger partial charge < -0.3 is 24.6 Å². The molecule has 2 saturated heterocycles. The van der Waals surface area contributed by atoms with Gasteiger partial charge in [0.2, 0.25) is 0 Å². The standard InChI is InChI=1S/C19H27N3O4/c1-25-15-5-6-16(17(13-15)26-2)18(23)20-14-7-11-22(12-8-14)19(24)21-9-3-4-10-21/h5-6,13-14H,3-4,7-12H2,1-2H3,(H,20,23). The van der Waals surface area contributed by atoms with E-state index in [9.17, 15) is 9.59 Å². The number of benzene rings is 1. The second-order valence-electron chi connectivity index (χ2n) is 6.78. The first kappa shape index (κ1) is 18.4. The van der Waals surface area contributed by atoms with Crippen LogP contribution in [0.15, 0.2) is 18.2 Å². The molecule has 26 heavy (non-hydrogen) atoms. The van der Waals surface area contributed by atoms with Gasteiger partial charge in [-0.15, -0.1) is 0 Å². The molecule has 0 aliphatic carbocycles. The van der Waals surface area contributed by atoms with Gasteiger partial charge in [-0.2, -0.15) is 0 Å². The van der Waals surface area contributed by atoms with E-state index >= 15 is 0 Å². The summed E-state index contributed by atoms with van der Waals surface area (Å²) in [6.07, 6.45) is 3.73. The SMILES string of the molecule is COc1ccc(C(=O)NC2CCN(C(=O)N3CCCC3)CC2)c(OC)c1. The first-order valence-electron chi connectivity index (χ1n) is 9.19. The zero-order valence-corrected chi connectivity index (χ0v) is 15.5. The van der Waals surface area contributed by atoms with E-state index in [0.717, 1.165) is 38.8 Å². The predicted octanol–water partition coefficient (Wildman–Crippen LogP) is 2.11. The Kier molecular flexibility index (Phi) is 5.85. The van der Waals surface area contributed by atoms with Gasteiger partial charge in [-0.25, -0.2) is 4.79 Å². The molecule has 3 rings (SSSR count). The van der Waals surface area contributed by atoms with Crippen molar-refractivity contribution in [2.45, 2.75) is 31.7 Å². The molecule has 0 radical (unpaired) electrons. The number of likely N-dealkylation sites (tertiary alicyclic amines) is 2. The summed E-state index contributed by atoms with van der Waals surface area (Å²) >= 11 is 0. The maximum atomic E-state index is 12.6. The van der Waals surface area contributed by atoms with Crippen LogP contribution in [0.1, 0.15) is 36.0 Å². The number of hydrogen-bond acceptors (Lipinski definition) is 4. The number of amides is 3. The van der Waals surface area contributed by atoms with E-state index in [-0.39, 0.29) is 18.0 Å². The summed E-state index contributed by atoms with van der Waals surface area (Å²) in [7, 11) is 3.11. The van der Waals surface area contributed by atoms with E-state index in [0.29, 0.717) is 30.2 Å². The number of methoxy groups -OCH3 is 2. The van der Waals surface area contributed by atoms with Crippen molar-refractivity contribution in [1.29, 1.82) is 0 Å². The molecule has 0 spiro atoms. The number of carbonyl (C=O) groups is 2. The fourth-order valence-electron chi connectivity index (χ4n) is 3.57. The van der Waals surface area contributed by atoms with Crippen LogP contribution in [0, 0.1) is 0 Å². The van der Waals surface area contributed by atoms with Crippen molar-refractivity contribution in [3.05, 3.63) is 23.8 Å². The second-order valence-corrected chi connectivity index (χ2v) is 6.78. The van der Waals surface area contributed by atoms with Gasteiger partial charge in [0.15, 0.2) is 0 Å². The average Bonchev–Trinajstić information content (AvgIpc) is 3.22. The fourth-order valence-corrected chi connectivity index (χ4v) is 3.57. The molecule has 7 nitrogen and oxygen atoms in total. The van der Waals surface area contributed by atoms with Gasteiger partial charge in [0.05, 0.1) is 19.8 Å². The maximum Gasteiger partial charge on any atom is 0.319 e. The maximum absolute atomic E-state index is 12.6. The van der Waals surface area contributed by atoms with Crippen molar-refractivity contribution >= 4 is 11.9 Å². The highest BCUT2D eigenvalue weighted by molar-refractivity contribution is 5.97. The smallest absolute Gasteiger partial charge is 0.319 e. The molecule has 7 heteroatoms. The van der Waals surface area contributed by atoms with Crippen LogP contribution in [0.3, 0.4) is 0 Å². The zero-order chi connectivity index (χ0) is 18.5. The third-order valence-corrected chi connectivity index (χ3v) is 5.13. The number of ether oxygens (including phenoxy) is 2. The van der Waals surface area contributed by atoms with Crippen molar-refractivity contribution in [2.24, 2.45) is 0 Å². The minimum absolute atomic E-state index is 0.0666. The van der Waals surface area contributed by atoms with Crippen LogP contribution in [0.5, 0.6) is 11.5 Å². The van der Waals surface area contributed by atoms with Gasteiger partial charge >= 0.3 is 6.03 Å². The summed E-state index contributed by atoms with van der Waals surface area (Å²) in [5, 5.41) is 3.07. The summed E-state index contributed by atoms with van der Waals surface area (Å²) in [4.78, 5) is 28.9. The number of nitrogens with one attached hydrogen (secondary N) is 1. The first-order valence-corrected chi connectivity index (χ1v) is 9.19. The molecular formula is C19H27N3O4. The second kappa shape index (κ2) is 8.29. The summed E-state index contributed by atoms with van der Waals surface area (Å²) in [6, 6.07) is 5.36. The molecular weight excluding hydrogens is 334 g/mol. The molecule has 2 heterocycles. The Balaban J connectivity index is 1.54. The normalized spacial score (nSPS) is 17.9. The monoisotopic (exact) mass is 361 g/mol. The molecule has 1 aromatic rings. The number of nitrogens with zero attached hydrogens (tertiary/aromatic N) is 2. The van der Waals surface area contributed by atoms with E-state index in [1.807, 2.05) is 9.80 Å². The van der Waals surface area contributed by atoms with Crippen LogP contribution >= 0.6 is 0 Å². The van der Waals surface area contributed by atoms with Crippen LogP contribution in [0.25, 0.3) is 0 Å². The largest absolute Gasteiger partial charge is 0.497 e. The lowest BCUT2D eigenvalue weighted by molar-refractivity contribution is 0.0909. The van der Waals surface area contributed by atoms with Gasteiger partial charge in [-0.3, -0.25) is 4.79 Å². The first-order chi connectivity index (χ1) is 12.6. The van der Waals surface area contributed by atoms with Crippen molar-refractivity contribution in [3.63, 3.8) is 0 Å². The molecule has 0 atom stereocenters. The molecule has 0 aromatic heterocycles. The number of carbonyl (C=O) groups excluding carboxylic acids is 2. The fraction of sp³-hybridized carbons (Fsp3) is 0.579. The summed E-state index contributed by atoms with van der Waals surface area (Å²) < 4.78 is 10.5. The molecule has 3 amide bonds. The Labute approximate surface area is 154 Å². The third-order valence-electron chi connectivity index (χ3n) is 5.13. The topological polar surface area (TPSA) is 71.1 Å². The van der Waals surface area contributed by atoms with Crippen molar-refractivity contribution in [1.82, 2.24) is 15.1 Å². The highest BCUT2D eigenvalue weighted by Gasteiger charge is 2.28. The van der Waals surface area contributed by atoms with Crippen molar-refractivity contribution < 1.29 is 19.1 Å². The van der Waals surface area contributed by atoms with Crippen LogP contribution in [-0.4, -0.2) is 68.2 Å². The molecule has 2 aliphatic rings. The molecule has 0 bridgehead atoms. The minimum Gasteiger partial charge on any atom is -0.497 e. The summed E-state index contributed by atoms with van der Waals surface area (Å²) in [5.74, 6) is 0.976. The Bertz CT molecular complexity index is 650. The van der Waals surface area contributed by atoms with Gasteiger partial charge in [0.1, 0.15) is 11.5 Å². The van der Waals surface area contributed by atoms with Crippen LogP contribution in [-0.2, 0) is 0 Å². The summed E-state index contributed by atoms with van der Waals surface area (Å²) in [5.41, 5.74) is 0.490. The van der Waals surface area contributed by atoms with Gasteiger partial charge in [0.25, 0.3) is 5.91 Å². The Morgan fingerprint density at radius 2 is 1.65 bits per heavy atom. The third kappa shape index (κ3) is 4.03. The Morgan fingerprint density at radius 3 is 2.27 bits per heavy atom. The van der Waals surface area contributed by atoms with E-state index in [1.165, 1.54) is 7.11 Å². The van der Waals surface area contributed by atoms with Crippen LogP contribution < -0.4 is 14.8 Å². The van der Waals surface area contributed by atoms with E-state index in [2.05, 4.69) is 5.32 Å².